The third-order valence-corrected chi connectivity index (χ3v) is 4.82. The van der Waals surface area contributed by atoms with Crippen LogP contribution in [0, 0.1) is 11.6 Å². The largest absolute Gasteiger partial charge is 0.387 e. The fraction of sp³-hybridized carbons (Fsp3) is 0.571. The predicted molar refractivity (Wildman–Crippen MR) is 74.3 cm³/mol. The standard InChI is InChI=1S/C14H19F2NOS/c1-19-14-4-2-3-12(14)17-8-13(18)10-6-5-9(15)7-11(10)16/h5-7,12-14,17-18H,2-4,8H2,1H3. The van der Waals surface area contributed by atoms with Crippen LogP contribution >= 0.6 is 11.8 Å². The highest BCUT2D eigenvalue weighted by molar-refractivity contribution is 7.99. The molecule has 1 aromatic carbocycles. The first-order valence-corrected chi connectivity index (χ1v) is 7.80. The van der Waals surface area contributed by atoms with Crippen molar-refractivity contribution in [2.45, 2.75) is 36.7 Å². The Morgan fingerprint density at radius 2 is 2.21 bits per heavy atom. The second kappa shape index (κ2) is 6.68. The Morgan fingerprint density at radius 3 is 2.89 bits per heavy atom. The van der Waals surface area contributed by atoms with E-state index in [9.17, 15) is 13.9 Å². The fourth-order valence-electron chi connectivity index (χ4n) is 2.59. The van der Waals surface area contributed by atoms with Gasteiger partial charge in [0.25, 0.3) is 0 Å². The van der Waals surface area contributed by atoms with Crippen molar-refractivity contribution in [3.8, 4) is 0 Å². The molecule has 5 heteroatoms. The van der Waals surface area contributed by atoms with Gasteiger partial charge in [-0.15, -0.1) is 0 Å². The summed E-state index contributed by atoms with van der Waals surface area (Å²) < 4.78 is 26.3. The van der Waals surface area contributed by atoms with Crippen LogP contribution in [0.1, 0.15) is 30.9 Å². The first-order chi connectivity index (χ1) is 9.11. The van der Waals surface area contributed by atoms with Gasteiger partial charge in [0.2, 0.25) is 0 Å². The minimum Gasteiger partial charge on any atom is -0.387 e. The molecule has 106 valence electrons. The Labute approximate surface area is 116 Å². The summed E-state index contributed by atoms with van der Waals surface area (Å²) in [5.41, 5.74) is 0.146. The first-order valence-electron chi connectivity index (χ1n) is 6.51. The fourth-order valence-corrected chi connectivity index (χ4v) is 3.55. The average molecular weight is 287 g/mol. The summed E-state index contributed by atoms with van der Waals surface area (Å²) in [4.78, 5) is 0. The summed E-state index contributed by atoms with van der Waals surface area (Å²) in [5, 5.41) is 13.8. The molecular weight excluding hydrogens is 268 g/mol. The number of halogens is 2. The van der Waals surface area contributed by atoms with E-state index in [-0.39, 0.29) is 5.56 Å². The Balaban J connectivity index is 1.92. The second-order valence-electron chi connectivity index (χ2n) is 4.90. The lowest BCUT2D eigenvalue weighted by Gasteiger charge is -2.21. The summed E-state index contributed by atoms with van der Waals surface area (Å²) in [6, 6.07) is 3.64. The van der Waals surface area contributed by atoms with E-state index in [2.05, 4.69) is 11.6 Å². The van der Waals surface area contributed by atoms with Crippen molar-refractivity contribution in [2.24, 2.45) is 0 Å². The van der Waals surface area contributed by atoms with Crippen molar-refractivity contribution in [1.29, 1.82) is 0 Å². The molecular formula is C14H19F2NOS. The maximum absolute atomic E-state index is 13.5. The lowest BCUT2D eigenvalue weighted by Crippen LogP contribution is -2.36. The molecule has 0 spiro atoms. The number of nitrogens with one attached hydrogen (secondary N) is 1. The van der Waals surface area contributed by atoms with E-state index >= 15 is 0 Å². The lowest BCUT2D eigenvalue weighted by atomic mass is 10.1. The molecule has 0 aromatic heterocycles. The van der Waals surface area contributed by atoms with Gasteiger partial charge in [-0.1, -0.05) is 12.5 Å². The zero-order valence-electron chi connectivity index (χ0n) is 10.9. The van der Waals surface area contributed by atoms with Crippen molar-refractivity contribution in [2.75, 3.05) is 12.8 Å². The molecule has 1 aliphatic carbocycles. The van der Waals surface area contributed by atoms with Crippen molar-refractivity contribution in [1.82, 2.24) is 5.32 Å². The van der Waals surface area contributed by atoms with Gasteiger partial charge in [-0.2, -0.15) is 11.8 Å². The van der Waals surface area contributed by atoms with Crippen LogP contribution in [0.4, 0.5) is 8.78 Å². The molecule has 2 nitrogen and oxygen atoms in total. The van der Waals surface area contributed by atoms with Crippen molar-refractivity contribution in [3.05, 3.63) is 35.4 Å². The Kier molecular flexibility index (Phi) is 5.19. The highest BCUT2D eigenvalue weighted by atomic mass is 32.2. The molecule has 0 radical (unpaired) electrons. The van der Waals surface area contributed by atoms with Gasteiger partial charge in [-0.25, -0.2) is 8.78 Å². The quantitative estimate of drug-likeness (QED) is 0.873. The highest BCUT2D eigenvalue weighted by Crippen LogP contribution is 2.28. The molecule has 0 amide bonds. The minimum absolute atomic E-state index is 0.146. The molecule has 1 saturated carbocycles. The van der Waals surface area contributed by atoms with Crippen LogP contribution in [0.3, 0.4) is 0 Å². The van der Waals surface area contributed by atoms with Crippen LogP contribution < -0.4 is 5.32 Å². The summed E-state index contributed by atoms with van der Waals surface area (Å²) in [6.45, 7) is 0.296. The predicted octanol–water partition coefficient (Wildman–Crippen LogP) is 2.87. The zero-order chi connectivity index (χ0) is 13.8. The van der Waals surface area contributed by atoms with Gasteiger partial charge in [0, 0.05) is 29.5 Å². The van der Waals surface area contributed by atoms with Gasteiger partial charge in [0.1, 0.15) is 11.6 Å². The molecule has 0 heterocycles. The van der Waals surface area contributed by atoms with Crippen LogP contribution in [-0.4, -0.2) is 29.2 Å². The molecule has 3 unspecified atom stereocenters. The zero-order valence-corrected chi connectivity index (χ0v) is 11.7. The maximum Gasteiger partial charge on any atom is 0.131 e. The van der Waals surface area contributed by atoms with E-state index in [4.69, 9.17) is 0 Å². The van der Waals surface area contributed by atoms with Crippen molar-refractivity contribution < 1.29 is 13.9 Å². The molecule has 19 heavy (non-hydrogen) atoms. The number of aliphatic hydroxyl groups is 1. The number of benzene rings is 1. The maximum atomic E-state index is 13.5. The van der Waals surface area contributed by atoms with E-state index in [1.165, 1.54) is 25.0 Å². The minimum atomic E-state index is -0.941. The SMILES string of the molecule is CSC1CCCC1NCC(O)c1ccc(F)cc1F. The monoisotopic (exact) mass is 287 g/mol. The molecule has 2 rings (SSSR count). The lowest BCUT2D eigenvalue weighted by molar-refractivity contribution is 0.165. The number of hydrogen-bond acceptors (Lipinski definition) is 3. The van der Waals surface area contributed by atoms with Crippen molar-refractivity contribution in [3.63, 3.8) is 0 Å². The van der Waals surface area contributed by atoms with Crippen LogP contribution in [0.25, 0.3) is 0 Å². The average Bonchev–Trinajstić information content (AvgIpc) is 2.83. The van der Waals surface area contributed by atoms with Gasteiger partial charge < -0.3 is 10.4 Å². The van der Waals surface area contributed by atoms with Crippen LogP contribution in [0.5, 0.6) is 0 Å². The number of aliphatic hydroxyl groups excluding tert-OH is 1. The molecule has 1 fully saturated rings. The third kappa shape index (κ3) is 3.68. The van der Waals surface area contributed by atoms with Gasteiger partial charge in [-0.3, -0.25) is 0 Å². The summed E-state index contributed by atoms with van der Waals surface area (Å²) >= 11 is 1.83. The molecule has 2 N–H and O–H groups in total. The molecule has 1 aliphatic rings. The van der Waals surface area contributed by atoms with E-state index in [0.717, 1.165) is 12.5 Å². The smallest absolute Gasteiger partial charge is 0.131 e. The summed E-state index contributed by atoms with van der Waals surface area (Å²) in [6.07, 6.45) is 4.60. The topological polar surface area (TPSA) is 32.3 Å². The molecule has 0 aliphatic heterocycles. The highest BCUT2D eigenvalue weighted by Gasteiger charge is 2.26. The van der Waals surface area contributed by atoms with Crippen LogP contribution in [0.2, 0.25) is 0 Å². The Morgan fingerprint density at radius 1 is 1.42 bits per heavy atom. The number of thioether (sulfide) groups is 1. The molecule has 0 saturated heterocycles. The normalized spacial score (nSPS) is 24.6. The van der Waals surface area contributed by atoms with E-state index in [0.29, 0.717) is 17.8 Å². The van der Waals surface area contributed by atoms with Gasteiger partial charge in [-0.05, 0) is 25.2 Å². The Bertz CT molecular complexity index is 430. The van der Waals surface area contributed by atoms with Gasteiger partial charge in [0.05, 0.1) is 6.10 Å². The molecule has 0 bridgehead atoms. The Hall–Kier alpha value is -0.650. The summed E-state index contributed by atoms with van der Waals surface area (Å²) in [5.74, 6) is -1.32. The van der Waals surface area contributed by atoms with Crippen LogP contribution in [0.15, 0.2) is 18.2 Å². The van der Waals surface area contributed by atoms with Crippen LogP contribution in [-0.2, 0) is 0 Å². The summed E-state index contributed by atoms with van der Waals surface area (Å²) in [7, 11) is 0. The number of hydrogen-bond donors (Lipinski definition) is 2. The van der Waals surface area contributed by atoms with E-state index in [1.54, 1.807) is 0 Å². The van der Waals surface area contributed by atoms with E-state index < -0.39 is 17.7 Å². The molecule has 3 atom stereocenters. The van der Waals surface area contributed by atoms with Gasteiger partial charge in [0.15, 0.2) is 0 Å². The third-order valence-electron chi connectivity index (χ3n) is 3.65. The van der Waals surface area contributed by atoms with Gasteiger partial charge >= 0.3 is 0 Å². The first kappa shape index (κ1) is 14.8. The van der Waals surface area contributed by atoms with E-state index in [1.807, 2.05) is 11.8 Å². The molecule has 1 aromatic rings. The van der Waals surface area contributed by atoms with Crippen molar-refractivity contribution >= 4 is 11.8 Å². The second-order valence-corrected chi connectivity index (χ2v) is 5.98. The number of rotatable bonds is 5.